The van der Waals surface area contributed by atoms with Gasteiger partial charge in [-0.3, -0.25) is 4.98 Å². The number of aromatic nitrogens is 1. The molecule has 24 heavy (non-hydrogen) atoms. The van der Waals surface area contributed by atoms with E-state index >= 15 is 0 Å². The minimum atomic E-state index is -4.31. The van der Waals surface area contributed by atoms with E-state index in [0.717, 1.165) is 17.8 Å². The molecule has 1 aromatic carbocycles. The second kappa shape index (κ2) is 6.78. The van der Waals surface area contributed by atoms with Crippen LogP contribution in [0.3, 0.4) is 0 Å². The predicted octanol–water partition coefficient (Wildman–Crippen LogP) is 2.61. The lowest BCUT2D eigenvalue weighted by Gasteiger charge is -2.42. The third kappa shape index (κ3) is 3.85. The highest BCUT2D eigenvalue weighted by Gasteiger charge is 2.31. The number of nitrogens with one attached hydrogen (secondary N) is 1. The molecule has 1 aromatic heterocycles. The highest BCUT2D eigenvalue weighted by molar-refractivity contribution is 5.50. The van der Waals surface area contributed by atoms with Crippen LogP contribution in [0.15, 0.2) is 48.7 Å². The second-order valence-corrected chi connectivity index (χ2v) is 5.83. The Bertz CT molecular complexity index is 655. The van der Waals surface area contributed by atoms with Crippen molar-refractivity contribution in [2.45, 2.75) is 18.3 Å². The van der Waals surface area contributed by atoms with Crippen LogP contribution in [0, 0.1) is 0 Å². The van der Waals surface area contributed by atoms with Crippen LogP contribution in [0.4, 0.5) is 18.9 Å². The molecule has 0 spiro atoms. The summed E-state index contributed by atoms with van der Waals surface area (Å²) in [6, 6.07) is 10.7. The maximum Gasteiger partial charge on any atom is 0.416 e. The monoisotopic (exact) mass is 337 g/mol. The van der Waals surface area contributed by atoms with Crippen molar-refractivity contribution in [3.8, 4) is 0 Å². The van der Waals surface area contributed by atoms with Crippen molar-refractivity contribution in [2.75, 3.05) is 24.5 Å². The van der Waals surface area contributed by atoms with Crippen molar-refractivity contribution < 1.29 is 18.3 Å². The number of halogens is 3. The molecular formula is C17H18F3N3O. The Hall–Kier alpha value is -2.12. The molecule has 1 atom stereocenters. The van der Waals surface area contributed by atoms with Crippen molar-refractivity contribution >= 4 is 5.69 Å². The van der Waals surface area contributed by atoms with Crippen LogP contribution in [0.25, 0.3) is 0 Å². The zero-order valence-corrected chi connectivity index (χ0v) is 12.9. The maximum atomic E-state index is 12.5. The van der Waals surface area contributed by atoms with Crippen LogP contribution in [0.1, 0.15) is 17.4 Å². The molecule has 3 rings (SSSR count). The van der Waals surface area contributed by atoms with Crippen LogP contribution in [0.5, 0.6) is 0 Å². The standard InChI is InChI=1S/C17H18F3N3O/c18-17(19,20)12-4-6-14(7-5-12)23-10-13(11-23)22-9-16(24)15-3-1-2-8-21-15/h1-8,13,16,22,24H,9-11H2. The molecular weight excluding hydrogens is 319 g/mol. The van der Waals surface area contributed by atoms with E-state index in [9.17, 15) is 18.3 Å². The predicted molar refractivity (Wildman–Crippen MR) is 84.6 cm³/mol. The lowest BCUT2D eigenvalue weighted by Crippen LogP contribution is -2.58. The zero-order chi connectivity index (χ0) is 17.2. The van der Waals surface area contributed by atoms with E-state index in [1.807, 2.05) is 11.0 Å². The van der Waals surface area contributed by atoms with Gasteiger partial charge < -0.3 is 15.3 Å². The first-order chi connectivity index (χ1) is 11.4. The average molecular weight is 337 g/mol. The molecule has 7 heteroatoms. The van der Waals surface area contributed by atoms with Crippen molar-refractivity contribution in [3.63, 3.8) is 0 Å². The maximum absolute atomic E-state index is 12.5. The van der Waals surface area contributed by atoms with Gasteiger partial charge in [-0.1, -0.05) is 6.07 Å². The lowest BCUT2D eigenvalue weighted by atomic mass is 10.1. The van der Waals surface area contributed by atoms with Gasteiger partial charge in [-0.2, -0.15) is 13.2 Å². The van der Waals surface area contributed by atoms with Crippen molar-refractivity contribution in [1.29, 1.82) is 0 Å². The van der Waals surface area contributed by atoms with Gasteiger partial charge in [0.05, 0.1) is 11.3 Å². The second-order valence-electron chi connectivity index (χ2n) is 5.83. The zero-order valence-electron chi connectivity index (χ0n) is 12.9. The fraction of sp³-hybridized carbons (Fsp3) is 0.353. The number of nitrogens with zero attached hydrogens (tertiary/aromatic N) is 2. The van der Waals surface area contributed by atoms with Gasteiger partial charge >= 0.3 is 6.18 Å². The van der Waals surface area contributed by atoms with Crippen molar-refractivity contribution in [2.24, 2.45) is 0 Å². The fourth-order valence-electron chi connectivity index (χ4n) is 2.64. The van der Waals surface area contributed by atoms with Crippen LogP contribution in [0.2, 0.25) is 0 Å². The topological polar surface area (TPSA) is 48.4 Å². The molecule has 2 N–H and O–H groups in total. The summed E-state index contributed by atoms with van der Waals surface area (Å²) >= 11 is 0. The molecule has 1 fully saturated rings. The van der Waals surface area contributed by atoms with Gasteiger partial charge in [-0.15, -0.1) is 0 Å². The minimum absolute atomic E-state index is 0.200. The molecule has 0 aliphatic carbocycles. The smallest absolute Gasteiger partial charge is 0.385 e. The molecule has 0 radical (unpaired) electrons. The van der Waals surface area contributed by atoms with E-state index in [2.05, 4.69) is 10.3 Å². The van der Waals surface area contributed by atoms with Gasteiger partial charge in [-0.25, -0.2) is 0 Å². The van der Waals surface area contributed by atoms with Crippen LogP contribution in [-0.4, -0.2) is 35.8 Å². The summed E-state index contributed by atoms with van der Waals surface area (Å²) in [4.78, 5) is 6.09. The van der Waals surface area contributed by atoms with Crippen molar-refractivity contribution in [3.05, 3.63) is 59.9 Å². The molecule has 0 amide bonds. The van der Waals surface area contributed by atoms with Crippen LogP contribution < -0.4 is 10.2 Å². The molecule has 128 valence electrons. The highest BCUT2D eigenvalue weighted by Crippen LogP contribution is 2.31. The van der Waals surface area contributed by atoms with Gasteiger partial charge in [0.1, 0.15) is 6.10 Å². The van der Waals surface area contributed by atoms with E-state index in [1.54, 1.807) is 18.3 Å². The largest absolute Gasteiger partial charge is 0.416 e. The van der Waals surface area contributed by atoms with Gasteiger partial charge in [0.25, 0.3) is 0 Å². The number of hydrogen-bond acceptors (Lipinski definition) is 4. The number of pyridine rings is 1. The SMILES string of the molecule is OC(CNC1CN(c2ccc(C(F)(F)F)cc2)C1)c1ccccn1. The molecule has 1 aliphatic rings. The first-order valence-electron chi connectivity index (χ1n) is 7.68. The molecule has 0 bridgehead atoms. The molecule has 4 nitrogen and oxygen atoms in total. The molecule has 0 saturated carbocycles. The minimum Gasteiger partial charge on any atom is -0.385 e. The van der Waals surface area contributed by atoms with E-state index in [0.29, 0.717) is 25.3 Å². The highest BCUT2D eigenvalue weighted by atomic mass is 19.4. The van der Waals surface area contributed by atoms with Gasteiger partial charge in [0.15, 0.2) is 0 Å². The van der Waals surface area contributed by atoms with Crippen LogP contribution in [-0.2, 0) is 6.18 Å². The summed E-state index contributed by atoms with van der Waals surface area (Å²) in [5.74, 6) is 0. The Labute approximate surface area is 137 Å². The average Bonchev–Trinajstić information content (AvgIpc) is 2.53. The summed E-state index contributed by atoms with van der Waals surface area (Å²) in [6.07, 6.45) is -3.35. The fourth-order valence-corrected chi connectivity index (χ4v) is 2.64. The summed E-state index contributed by atoms with van der Waals surface area (Å²) in [7, 11) is 0. The molecule has 1 unspecified atom stereocenters. The number of alkyl halides is 3. The number of aliphatic hydroxyl groups excluding tert-OH is 1. The molecule has 2 heterocycles. The summed E-state index contributed by atoms with van der Waals surface area (Å²) < 4.78 is 37.6. The Morgan fingerprint density at radius 1 is 1.17 bits per heavy atom. The third-order valence-electron chi connectivity index (χ3n) is 4.07. The van der Waals surface area contributed by atoms with E-state index in [1.165, 1.54) is 12.1 Å². The Morgan fingerprint density at radius 3 is 2.46 bits per heavy atom. The molecule has 1 aliphatic heterocycles. The number of benzene rings is 1. The lowest BCUT2D eigenvalue weighted by molar-refractivity contribution is -0.137. The van der Waals surface area contributed by atoms with E-state index < -0.39 is 17.8 Å². The van der Waals surface area contributed by atoms with E-state index in [-0.39, 0.29) is 6.04 Å². The number of anilines is 1. The first kappa shape index (κ1) is 16.7. The molecule has 1 saturated heterocycles. The molecule has 2 aromatic rings. The third-order valence-corrected chi connectivity index (χ3v) is 4.07. The van der Waals surface area contributed by atoms with E-state index in [4.69, 9.17) is 0 Å². The number of aliphatic hydroxyl groups is 1. The Morgan fingerprint density at radius 2 is 1.88 bits per heavy atom. The Kier molecular flexibility index (Phi) is 4.73. The van der Waals surface area contributed by atoms with Crippen molar-refractivity contribution in [1.82, 2.24) is 10.3 Å². The number of hydrogen-bond donors (Lipinski definition) is 2. The van der Waals surface area contributed by atoms with Gasteiger partial charge in [0, 0.05) is 37.6 Å². The van der Waals surface area contributed by atoms with Gasteiger partial charge in [-0.05, 0) is 36.4 Å². The summed E-state index contributed by atoms with van der Waals surface area (Å²) in [6.45, 7) is 1.78. The van der Waals surface area contributed by atoms with Gasteiger partial charge in [0.2, 0.25) is 0 Å². The van der Waals surface area contributed by atoms with Crippen LogP contribution >= 0.6 is 0 Å². The number of rotatable bonds is 5. The normalized spacial score (nSPS) is 16.8. The first-order valence-corrected chi connectivity index (χ1v) is 7.68. The quantitative estimate of drug-likeness (QED) is 0.881. The Balaban J connectivity index is 1.46. The summed E-state index contributed by atoms with van der Waals surface area (Å²) in [5, 5.41) is 13.3. The summed E-state index contributed by atoms with van der Waals surface area (Å²) in [5.41, 5.74) is 0.746.